The monoisotopic (exact) mass is 278 g/mol. The Balaban J connectivity index is 2.04. The molecule has 20 heavy (non-hydrogen) atoms. The van der Waals surface area contributed by atoms with Crippen molar-refractivity contribution < 1.29 is 4.79 Å². The highest BCUT2D eigenvalue weighted by molar-refractivity contribution is 5.75. The summed E-state index contributed by atoms with van der Waals surface area (Å²) >= 11 is 0. The Morgan fingerprint density at radius 2 is 2.20 bits per heavy atom. The fourth-order valence-electron chi connectivity index (χ4n) is 1.60. The highest BCUT2D eigenvalue weighted by atomic mass is 16.2. The summed E-state index contributed by atoms with van der Waals surface area (Å²) < 4.78 is 1.13. The van der Waals surface area contributed by atoms with Gasteiger partial charge in [0.25, 0.3) is 5.56 Å². The highest BCUT2D eigenvalue weighted by Gasteiger charge is 2.13. The number of H-pyrrole nitrogens is 2. The number of nitrogens with one attached hydrogen (secondary N) is 2. The normalized spacial score (nSPS) is 10.5. The lowest BCUT2D eigenvalue weighted by Gasteiger charge is -2.15. The molecule has 0 aliphatic rings. The molecule has 0 fully saturated rings. The highest BCUT2D eigenvalue weighted by Crippen LogP contribution is 1.98. The van der Waals surface area contributed by atoms with E-state index in [4.69, 9.17) is 0 Å². The number of hydrogen-bond donors (Lipinski definition) is 2. The summed E-state index contributed by atoms with van der Waals surface area (Å²) in [5.41, 5.74) is -1.11. The van der Waals surface area contributed by atoms with E-state index < -0.39 is 11.2 Å². The third-order valence-corrected chi connectivity index (χ3v) is 2.65. The van der Waals surface area contributed by atoms with Gasteiger partial charge >= 0.3 is 5.69 Å². The minimum Gasteiger partial charge on any atom is -0.337 e. The fourth-order valence-corrected chi connectivity index (χ4v) is 1.60. The van der Waals surface area contributed by atoms with Gasteiger partial charge in [-0.3, -0.25) is 24.2 Å². The number of aromatic amines is 2. The zero-order chi connectivity index (χ0) is 14.7. The summed E-state index contributed by atoms with van der Waals surface area (Å²) in [6, 6.07) is 1.19. The van der Waals surface area contributed by atoms with Crippen LogP contribution in [0.5, 0.6) is 0 Å². The van der Waals surface area contributed by atoms with Crippen molar-refractivity contribution in [3.05, 3.63) is 44.8 Å². The quantitative estimate of drug-likeness (QED) is 0.715. The van der Waals surface area contributed by atoms with Gasteiger partial charge in [-0.05, 0) is 6.92 Å². The summed E-state index contributed by atoms with van der Waals surface area (Å²) in [6.07, 6.45) is 1.28. The first-order chi connectivity index (χ1) is 9.45. The maximum Gasteiger partial charge on any atom is 0.328 e. The molecule has 2 aromatic rings. The second kappa shape index (κ2) is 5.51. The lowest BCUT2D eigenvalue weighted by Crippen LogP contribution is -2.36. The van der Waals surface area contributed by atoms with Gasteiger partial charge in [-0.25, -0.2) is 9.78 Å². The molecular weight excluding hydrogens is 264 g/mol. The summed E-state index contributed by atoms with van der Waals surface area (Å²) in [4.78, 5) is 41.9. The molecular formula is C11H14N6O3. The SMILES string of the molecule is Cc1nc(CN(C)C(=O)Cn2ccc(=O)[nH]c2=O)n[nH]1. The predicted molar refractivity (Wildman–Crippen MR) is 68.9 cm³/mol. The molecule has 2 N–H and O–H groups in total. The van der Waals surface area contributed by atoms with Crippen molar-refractivity contribution >= 4 is 5.91 Å². The molecule has 0 radical (unpaired) electrons. The van der Waals surface area contributed by atoms with Crippen LogP contribution >= 0.6 is 0 Å². The largest absolute Gasteiger partial charge is 0.337 e. The molecule has 0 spiro atoms. The van der Waals surface area contributed by atoms with Crippen molar-refractivity contribution in [1.29, 1.82) is 0 Å². The summed E-state index contributed by atoms with van der Waals surface area (Å²) in [5.74, 6) is 0.867. The topological polar surface area (TPSA) is 117 Å². The molecule has 0 bridgehead atoms. The average molecular weight is 278 g/mol. The molecule has 0 atom stereocenters. The number of aromatic nitrogens is 5. The lowest BCUT2D eigenvalue weighted by molar-refractivity contribution is -0.131. The molecule has 106 valence electrons. The Kier molecular flexibility index (Phi) is 3.78. The molecule has 9 heteroatoms. The van der Waals surface area contributed by atoms with E-state index in [0.717, 1.165) is 4.57 Å². The van der Waals surface area contributed by atoms with Crippen molar-refractivity contribution in [3.63, 3.8) is 0 Å². The maximum atomic E-state index is 12.0. The zero-order valence-corrected chi connectivity index (χ0v) is 11.1. The van der Waals surface area contributed by atoms with E-state index >= 15 is 0 Å². The Morgan fingerprint density at radius 1 is 1.45 bits per heavy atom. The molecule has 2 aromatic heterocycles. The first kappa shape index (κ1) is 13.7. The Hall–Kier alpha value is -2.71. The molecule has 0 aliphatic carbocycles. The van der Waals surface area contributed by atoms with Gasteiger partial charge in [0.2, 0.25) is 5.91 Å². The van der Waals surface area contributed by atoms with Gasteiger partial charge in [-0.1, -0.05) is 0 Å². The minimum atomic E-state index is -0.618. The number of aryl methyl sites for hydroxylation is 1. The Morgan fingerprint density at radius 3 is 2.80 bits per heavy atom. The van der Waals surface area contributed by atoms with Gasteiger partial charge in [0.15, 0.2) is 5.82 Å². The van der Waals surface area contributed by atoms with Crippen molar-refractivity contribution in [1.82, 2.24) is 29.6 Å². The lowest BCUT2D eigenvalue weighted by atomic mass is 10.4. The standard InChI is InChI=1S/C11H14N6O3/c1-7-12-8(15-14-7)5-16(2)10(19)6-17-4-3-9(18)13-11(17)20/h3-4H,5-6H2,1-2H3,(H,12,14,15)(H,13,18,20). The van der Waals surface area contributed by atoms with Gasteiger partial charge in [0.05, 0.1) is 6.54 Å². The van der Waals surface area contributed by atoms with Crippen molar-refractivity contribution in [3.8, 4) is 0 Å². The number of carbonyl (C=O) groups is 1. The molecule has 0 saturated heterocycles. The minimum absolute atomic E-state index is 0.157. The summed E-state index contributed by atoms with van der Waals surface area (Å²) in [5, 5.41) is 6.61. The van der Waals surface area contributed by atoms with Crippen LogP contribution in [0.3, 0.4) is 0 Å². The Bertz CT molecular complexity index is 728. The van der Waals surface area contributed by atoms with E-state index in [0.29, 0.717) is 11.6 Å². The molecule has 1 amide bonds. The smallest absolute Gasteiger partial charge is 0.328 e. The van der Waals surface area contributed by atoms with Gasteiger partial charge < -0.3 is 4.90 Å². The first-order valence-corrected chi connectivity index (χ1v) is 5.87. The molecule has 0 aliphatic heterocycles. The fraction of sp³-hybridized carbons (Fsp3) is 0.364. The number of hydrogen-bond acceptors (Lipinski definition) is 5. The van der Waals surface area contributed by atoms with E-state index in [1.165, 1.54) is 17.2 Å². The maximum absolute atomic E-state index is 12.0. The van der Waals surface area contributed by atoms with E-state index in [9.17, 15) is 14.4 Å². The van der Waals surface area contributed by atoms with Crippen LogP contribution in [0.1, 0.15) is 11.6 Å². The molecule has 9 nitrogen and oxygen atoms in total. The van der Waals surface area contributed by atoms with Crippen LogP contribution in [-0.4, -0.2) is 42.6 Å². The van der Waals surface area contributed by atoms with Gasteiger partial charge in [0, 0.05) is 19.3 Å². The van der Waals surface area contributed by atoms with Crippen LogP contribution in [0, 0.1) is 6.92 Å². The van der Waals surface area contributed by atoms with Crippen LogP contribution < -0.4 is 11.2 Å². The molecule has 0 saturated carbocycles. The molecule has 2 rings (SSSR count). The average Bonchev–Trinajstić information content (AvgIpc) is 2.78. The van der Waals surface area contributed by atoms with Crippen LogP contribution in [0.15, 0.2) is 21.9 Å². The van der Waals surface area contributed by atoms with Crippen LogP contribution in [-0.2, 0) is 17.9 Å². The summed E-state index contributed by atoms with van der Waals surface area (Å²) in [7, 11) is 1.59. The van der Waals surface area contributed by atoms with E-state index in [1.807, 2.05) is 0 Å². The number of carbonyl (C=O) groups excluding carboxylic acids is 1. The number of rotatable bonds is 4. The van der Waals surface area contributed by atoms with Gasteiger partial charge in [0.1, 0.15) is 12.4 Å². The second-order valence-electron chi connectivity index (χ2n) is 4.32. The predicted octanol–water partition coefficient (Wildman–Crippen LogP) is -1.38. The number of likely N-dealkylation sites (N-methyl/N-ethyl adjacent to an activating group) is 1. The van der Waals surface area contributed by atoms with Crippen molar-refractivity contribution in [2.75, 3.05) is 7.05 Å². The third-order valence-electron chi connectivity index (χ3n) is 2.65. The molecule has 0 aromatic carbocycles. The van der Waals surface area contributed by atoms with E-state index in [2.05, 4.69) is 20.2 Å². The van der Waals surface area contributed by atoms with Crippen LogP contribution in [0.2, 0.25) is 0 Å². The second-order valence-corrected chi connectivity index (χ2v) is 4.32. The van der Waals surface area contributed by atoms with Gasteiger partial charge in [-0.15, -0.1) is 0 Å². The zero-order valence-electron chi connectivity index (χ0n) is 11.1. The third kappa shape index (κ3) is 3.19. The first-order valence-electron chi connectivity index (χ1n) is 5.87. The number of nitrogens with zero attached hydrogens (tertiary/aromatic N) is 4. The Labute approximate surface area is 113 Å². The van der Waals surface area contributed by atoms with Gasteiger partial charge in [-0.2, -0.15) is 5.10 Å². The van der Waals surface area contributed by atoms with E-state index in [1.54, 1.807) is 14.0 Å². The summed E-state index contributed by atoms with van der Waals surface area (Å²) in [6.45, 7) is 1.84. The van der Waals surface area contributed by atoms with Crippen LogP contribution in [0.25, 0.3) is 0 Å². The van der Waals surface area contributed by atoms with Crippen LogP contribution in [0.4, 0.5) is 0 Å². The number of amides is 1. The van der Waals surface area contributed by atoms with Crippen molar-refractivity contribution in [2.24, 2.45) is 0 Å². The van der Waals surface area contributed by atoms with E-state index in [-0.39, 0.29) is 19.0 Å². The molecule has 2 heterocycles. The molecule has 0 unspecified atom stereocenters. The van der Waals surface area contributed by atoms with Crippen molar-refractivity contribution in [2.45, 2.75) is 20.0 Å².